The Hall–Kier alpha value is -1.84. The number of hydrogen-bond donors (Lipinski definition) is 1. The van der Waals surface area contributed by atoms with Crippen molar-refractivity contribution in [2.45, 2.75) is 57.5 Å². The molecule has 2 fully saturated rings. The molecule has 0 unspecified atom stereocenters. The summed E-state index contributed by atoms with van der Waals surface area (Å²) in [6.45, 7) is 1.51. The van der Waals surface area contributed by atoms with Crippen molar-refractivity contribution in [2.24, 2.45) is 0 Å². The Morgan fingerprint density at radius 1 is 1.09 bits per heavy atom. The number of likely N-dealkylation sites (tertiary alicyclic amines) is 1. The van der Waals surface area contributed by atoms with Crippen LogP contribution in [0.15, 0.2) is 24.3 Å². The van der Waals surface area contributed by atoms with Crippen LogP contribution < -0.4 is 5.32 Å². The van der Waals surface area contributed by atoms with Crippen LogP contribution in [0.1, 0.15) is 60.9 Å². The van der Waals surface area contributed by atoms with Gasteiger partial charge in [0.2, 0.25) is 5.91 Å². The molecule has 118 valence electrons. The molecule has 0 bridgehead atoms. The van der Waals surface area contributed by atoms with Gasteiger partial charge in [0.05, 0.1) is 0 Å². The first-order chi connectivity index (χ1) is 10.7. The van der Waals surface area contributed by atoms with Gasteiger partial charge in [-0.05, 0) is 37.0 Å². The molecule has 0 aromatic heterocycles. The predicted molar refractivity (Wildman–Crippen MR) is 85.4 cm³/mol. The highest BCUT2D eigenvalue weighted by Gasteiger charge is 2.20. The molecule has 1 heterocycles. The standard InChI is InChI=1S/C18H24N2O2/c21-17-7-4-12-20(17)13-14-8-10-15(11-9-14)18(22)19-16-5-2-1-3-6-16/h8-11,16H,1-7,12-13H2,(H,19,22). The number of carbonyl (C=O) groups excluding carboxylic acids is 2. The number of hydrogen-bond acceptors (Lipinski definition) is 2. The quantitative estimate of drug-likeness (QED) is 0.929. The van der Waals surface area contributed by atoms with Crippen LogP contribution in [0.2, 0.25) is 0 Å². The third-order valence-electron chi connectivity index (χ3n) is 4.70. The molecule has 1 aliphatic heterocycles. The van der Waals surface area contributed by atoms with Gasteiger partial charge in [-0.2, -0.15) is 0 Å². The minimum Gasteiger partial charge on any atom is -0.349 e. The van der Waals surface area contributed by atoms with Crippen LogP contribution in [-0.4, -0.2) is 29.3 Å². The molecule has 1 saturated heterocycles. The van der Waals surface area contributed by atoms with Gasteiger partial charge in [-0.1, -0.05) is 31.4 Å². The number of rotatable bonds is 4. The first kappa shape index (κ1) is 15.1. The Morgan fingerprint density at radius 2 is 1.82 bits per heavy atom. The largest absolute Gasteiger partial charge is 0.349 e. The summed E-state index contributed by atoms with van der Waals surface area (Å²) in [5.74, 6) is 0.259. The molecular formula is C18H24N2O2. The van der Waals surface area contributed by atoms with E-state index in [0.717, 1.165) is 31.4 Å². The Balaban J connectivity index is 1.56. The summed E-state index contributed by atoms with van der Waals surface area (Å²) in [6.07, 6.45) is 7.54. The molecule has 4 nitrogen and oxygen atoms in total. The highest BCUT2D eigenvalue weighted by atomic mass is 16.2. The molecule has 1 aliphatic carbocycles. The second kappa shape index (κ2) is 6.95. The van der Waals surface area contributed by atoms with E-state index in [-0.39, 0.29) is 11.8 Å². The summed E-state index contributed by atoms with van der Waals surface area (Å²) in [7, 11) is 0. The van der Waals surface area contributed by atoms with Gasteiger partial charge in [-0.25, -0.2) is 0 Å². The highest BCUT2D eigenvalue weighted by Crippen LogP contribution is 2.18. The maximum absolute atomic E-state index is 12.2. The Kier molecular flexibility index (Phi) is 4.76. The normalized spacial score (nSPS) is 19.5. The molecule has 1 aromatic carbocycles. The summed E-state index contributed by atoms with van der Waals surface area (Å²) in [6, 6.07) is 7.99. The number of nitrogens with zero attached hydrogens (tertiary/aromatic N) is 1. The van der Waals surface area contributed by atoms with Gasteiger partial charge in [0, 0.05) is 31.1 Å². The van der Waals surface area contributed by atoms with E-state index in [1.807, 2.05) is 29.2 Å². The first-order valence-corrected chi connectivity index (χ1v) is 8.40. The number of amides is 2. The van der Waals surface area contributed by atoms with E-state index >= 15 is 0 Å². The smallest absolute Gasteiger partial charge is 0.251 e. The minimum atomic E-state index is 0.0238. The van der Waals surface area contributed by atoms with E-state index in [9.17, 15) is 9.59 Å². The van der Waals surface area contributed by atoms with E-state index in [1.165, 1.54) is 19.3 Å². The van der Waals surface area contributed by atoms with Crippen molar-refractivity contribution >= 4 is 11.8 Å². The van der Waals surface area contributed by atoms with Crippen molar-refractivity contribution < 1.29 is 9.59 Å². The Bertz CT molecular complexity index is 533. The maximum Gasteiger partial charge on any atom is 0.251 e. The fraction of sp³-hybridized carbons (Fsp3) is 0.556. The van der Waals surface area contributed by atoms with Crippen molar-refractivity contribution in [3.8, 4) is 0 Å². The van der Waals surface area contributed by atoms with Crippen LogP contribution in [0.5, 0.6) is 0 Å². The lowest BCUT2D eigenvalue weighted by Gasteiger charge is -2.22. The average molecular weight is 300 g/mol. The third-order valence-corrected chi connectivity index (χ3v) is 4.70. The SMILES string of the molecule is O=C(NC1CCCCC1)c1ccc(CN2CCCC2=O)cc1. The molecule has 1 aromatic rings. The van der Waals surface area contributed by atoms with Crippen LogP contribution in [0.4, 0.5) is 0 Å². The highest BCUT2D eigenvalue weighted by molar-refractivity contribution is 5.94. The molecule has 0 spiro atoms. The van der Waals surface area contributed by atoms with Gasteiger partial charge in [0.1, 0.15) is 0 Å². The molecule has 3 rings (SSSR count). The summed E-state index contributed by atoms with van der Waals surface area (Å²) in [4.78, 5) is 25.8. The van der Waals surface area contributed by atoms with Crippen molar-refractivity contribution in [2.75, 3.05) is 6.54 Å². The molecule has 22 heavy (non-hydrogen) atoms. The second-order valence-corrected chi connectivity index (χ2v) is 6.42. The third kappa shape index (κ3) is 3.67. The van der Waals surface area contributed by atoms with Crippen molar-refractivity contribution in [1.29, 1.82) is 0 Å². The zero-order valence-corrected chi connectivity index (χ0v) is 13.0. The van der Waals surface area contributed by atoms with Crippen molar-refractivity contribution in [3.63, 3.8) is 0 Å². The lowest BCUT2D eigenvalue weighted by atomic mass is 9.95. The Labute approximate surface area is 131 Å². The van der Waals surface area contributed by atoms with Crippen molar-refractivity contribution in [3.05, 3.63) is 35.4 Å². The van der Waals surface area contributed by atoms with E-state index < -0.39 is 0 Å². The second-order valence-electron chi connectivity index (χ2n) is 6.42. The Morgan fingerprint density at radius 3 is 2.45 bits per heavy atom. The fourth-order valence-electron chi connectivity index (χ4n) is 3.37. The van der Waals surface area contributed by atoms with Gasteiger partial charge in [0.15, 0.2) is 0 Å². The van der Waals surface area contributed by atoms with Crippen LogP contribution >= 0.6 is 0 Å². The zero-order valence-electron chi connectivity index (χ0n) is 13.0. The van der Waals surface area contributed by atoms with E-state index in [0.29, 0.717) is 24.6 Å². The van der Waals surface area contributed by atoms with Gasteiger partial charge in [0.25, 0.3) is 5.91 Å². The summed E-state index contributed by atoms with van der Waals surface area (Å²) < 4.78 is 0. The maximum atomic E-state index is 12.2. The molecule has 2 amide bonds. The molecule has 4 heteroatoms. The summed E-state index contributed by atoms with van der Waals surface area (Å²) >= 11 is 0. The van der Waals surface area contributed by atoms with Crippen LogP contribution in [0, 0.1) is 0 Å². The number of nitrogens with one attached hydrogen (secondary N) is 1. The predicted octanol–water partition coefficient (Wildman–Crippen LogP) is 2.87. The molecule has 2 aliphatic rings. The van der Waals surface area contributed by atoms with Crippen LogP contribution in [0.25, 0.3) is 0 Å². The summed E-state index contributed by atoms with van der Waals surface area (Å²) in [5.41, 5.74) is 1.80. The average Bonchev–Trinajstić information content (AvgIpc) is 2.94. The fourth-order valence-corrected chi connectivity index (χ4v) is 3.37. The molecule has 1 N–H and O–H groups in total. The van der Waals surface area contributed by atoms with Crippen LogP contribution in [-0.2, 0) is 11.3 Å². The topological polar surface area (TPSA) is 49.4 Å². The first-order valence-electron chi connectivity index (χ1n) is 8.40. The minimum absolute atomic E-state index is 0.0238. The van der Waals surface area contributed by atoms with Gasteiger partial charge >= 0.3 is 0 Å². The van der Waals surface area contributed by atoms with Crippen molar-refractivity contribution in [1.82, 2.24) is 10.2 Å². The van der Waals surface area contributed by atoms with Gasteiger partial charge in [-0.3, -0.25) is 9.59 Å². The molecular weight excluding hydrogens is 276 g/mol. The lowest BCUT2D eigenvalue weighted by molar-refractivity contribution is -0.128. The summed E-state index contributed by atoms with van der Waals surface area (Å²) in [5, 5.41) is 3.13. The monoisotopic (exact) mass is 300 g/mol. The van der Waals surface area contributed by atoms with E-state index in [1.54, 1.807) is 0 Å². The van der Waals surface area contributed by atoms with E-state index in [2.05, 4.69) is 5.32 Å². The zero-order chi connectivity index (χ0) is 15.4. The van der Waals surface area contributed by atoms with Gasteiger partial charge in [-0.15, -0.1) is 0 Å². The molecule has 0 atom stereocenters. The molecule has 0 radical (unpaired) electrons. The molecule has 1 saturated carbocycles. The van der Waals surface area contributed by atoms with E-state index in [4.69, 9.17) is 0 Å². The lowest BCUT2D eigenvalue weighted by Crippen LogP contribution is -2.36. The van der Waals surface area contributed by atoms with Gasteiger partial charge < -0.3 is 10.2 Å². The number of carbonyl (C=O) groups is 2. The number of benzene rings is 1. The van der Waals surface area contributed by atoms with Crippen LogP contribution in [0.3, 0.4) is 0 Å².